The molecule has 4 N–H and O–H groups in total. The summed E-state index contributed by atoms with van der Waals surface area (Å²) in [5, 5.41) is 28.2. The van der Waals surface area contributed by atoms with Gasteiger partial charge in [-0.15, -0.1) is 0 Å². The molecule has 1 unspecified atom stereocenters. The van der Waals surface area contributed by atoms with E-state index in [2.05, 4.69) is 4.98 Å². The van der Waals surface area contributed by atoms with Gasteiger partial charge in [0.15, 0.2) is 6.23 Å². The predicted octanol–water partition coefficient (Wildman–Crippen LogP) is -1.48. The fourth-order valence-corrected chi connectivity index (χ4v) is 1.89. The average Bonchev–Trinajstić information content (AvgIpc) is 2.57. The van der Waals surface area contributed by atoms with E-state index in [1.165, 1.54) is 12.3 Å². The fraction of sp³-hybridized carbons (Fsp3) is 0.556. The van der Waals surface area contributed by atoms with Crippen LogP contribution in [0, 0.1) is 4.64 Å². The van der Waals surface area contributed by atoms with E-state index < -0.39 is 36.8 Å². The molecule has 1 aromatic rings. The van der Waals surface area contributed by atoms with Crippen LogP contribution < -0.4 is 5.69 Å². The summed E-state index contributed by atoms with van der Waals surface area (Å²) in [6.07, 6.45) is -3.11. The zero-order valence-electron chi connectivity index (χ0n) is 8.68. The number of nitrogens with one attached hydrogen (secondary N) is 1. The van der Waals surface area contributed by atoms with Crippen LogP contribution in [0.4, 0.5) is 0 Å². The average molecular weight is 260 g/mol. The van der Waals surface area contributed by atoms with Crippen molar-refractivity contribution in [3.05, 3.63) is 27.4 Å². The van der Waals surface area contributed by atoms with Gasteiger partial charge in [0.1, 0.15) is 23.0 Å². The Morgan fingerprint density at radius 1 is 1.47 bits per heavy atom. The maximum atomic E-state index is 11.6. The number of hydrogen-bond donors (Lipinski definition) is 4. The fourth-order valence-electron chi connectivity index (χ4n) is 1.74. The Labute approximate surface area is 101 Å². The maximum absolute atomic E-state index is 11.6. The van der Waals surface area contributed by atoms with Crippen molar-refractivity contribution in [2.45, 2.75) is 24.5 Å². The smallest absolute Gasteiger partial charge is 0.328 e. The molecule has 1 saturated heterocycles. The lowest BCUT2D eigenvalue weighted by atomic mass is 10.1. The molecule has 0 radical (unpaired) electrons. The largest absolute Gasteiger partial charge is 0.394 e. The van der Waals surface area contributed by atoms with Crippen LogP contribution in [-0.2, 0) is 4.74 Å². The first kappa shape index (κ1) is 12.4. The first-order chi connectivity index (χ1) is 8.04. The van der Waals surface area contributed by atoms with Crippen molar-refractivity contribution in [1.29, 1.82) is 0 Å². The molecule has 0 bridgehead atoms. The Kier molecular flexibility index (Phi) is 3.40. The summed E-state index contributed by atoms with van der Waals surface area (Å²) >= 11 is 4.77. The predicted molar refractivity (Wildman–Crippen MR) is 58.9 cm³/mol. The molecule has 1 aliphatic heterocycles. The minimum atomic E-state index is -1.28. The van der Waals surface area contributed by atoms with Gasteiger partial charge in [-0.1, -0.05) is 12.2 Å². The highest BCUT2D eigenvalue weighted by atomic mass is 32.1. The third kappa shape index (κ3) is 2.17. The van der Waals surface area contributed by atoms with Gasteiger partial charge in [-0.3, -0.25) is 9.55 Å². The van der Waals surface area contributed by atoms with Crippen LogP contribution in [0.5, 0.6) is 0 Å². The van der Waals surface area contributed by atoms with Gasteiger partial charge in [-0.2, -0.15) is 0 Å². The summed E-state index contributed by atoms with van der Waals surface area (Å²) in [7, 11) is 0. The molecule has 1 fully saturated rings. The van der Waals surface area contributed by atoms with E-state index in [0.717, 1.165) is 4.57 Å². The molecule has 0 amide bonds. The summed E-state index contributed by atoms with van der Waals surface area (Å²) in [6, 6.07) is 1.46. The van der Waals surface area contributed by atoms with Gasteiger partial charge in [0.05, 0.1) is 6.61 Å². The van der Waals surface area contributed by atoms with Gasteiger partial charge in [-0.05, 0) is 6.07 Å². The van der Waals surface area contributed by atoms with E-state index in [1.807, 2.05) is 0 Å². The van der Waals surface area contributed by atoms with Gasteiger partial charge < -0.3 is 20.1 Å². The summed E-state index contributed by atoms with van der Waals surface area (Å²) in [4.78, 5) is 14.0. The van der Waals surface area contributed by atoms with E-state index in [0.29, 0.717) is 0 Å². The van der Waals surface area contributed by atoms with Crippen LogP contribution in [0.25, 0.3) is 0 Å². The third-order valence-corrected chi connectivity index (χ3v) is 2.88. The van der Waals surface area contributed by atoms with Crippen molar-refractivity contribution < 1.29 is 20.1 Å². The molecule has 17 heavy (non-hydrogen) atoms. The number of nitrogens with zero attached hydrogens (tertiary/aromatic N) is 1. The van der Waals surface area contributed by atoms with E-state index in [9.17, 15) is 15.0 Å². The van der Waals surface area contributed by atoms with Crippen LogP contribution in [0.15, 0.2) is 17.1 Å². The van der Waals surface area contributed by atoms with Gasteiger partial charge in [0.25, 0.3) is 0 Å². The molecule has 0 aromatic carbocycles. The molecule has 1 aliphatic rings. The highest BCUT2D eigenvalue weighted by molar-refractivity contribution is 7.71. The van der Waals surface area contributed by atoms with Crippen LogP contribution in [-0.4, -0.2) is 49.8 Å². The summed E-state index contributed by atoms with van der Waals surface area (Å²) in [6.45, 7) is -0.438. The van der Waals surface area contributed by atoms with Gasteiger partial charge >= 0.3 is 5.69 Å². The monoisotopic (exact) mass is 260 g/mol. The van der Waals surface area contributed by atoms with E-state index >= 15 is 0 Å². The van der Waals surface area contributed by atoms with Crippen molar-refractivity contribution in [3.8, 4) is 0 Å². The topological polar surface area (TPSA) is 108 Å². The highest BCUT2D eigenvalue weighted by Crippen LogP contribution is 2.27. The second-order valence-corrected chi connectivity index (χ2v) is 4.19. The van der Waals surface area contributed by atoms with Crippen molar-refractivity contribution in [3.63, 3.8) is 0 Å². The normalized spacial score (nSPS) is 32.9. The van der Waals surface area contributed by atoms with E-state index in [1.54, 1.807) is 0 Å². The SMILES string of the molecule is O=c1[nH]c(=S)ccn1[C@@H]1O[C@H](CO)C(O)[C@@H]1O. The van der Waals surface area contributed by atoms with Gasteiger partial charge in [-0.25, -0.2) is 4.79 Å². The molecule has 1 aromatic heterocycles. The Balaban J connectivity index is 2.35. The Morgan fingerprint density at radius 2 is 2.18 bits per heavy atom. The molecule has 8 heteroatoms. The molecule has 94 valence electrons. The molecule has 7 nitrogen and oxygen atoms in total. The molecular weight excluding hydrogens is 248 g/mol. The number of hydrogen-bond acceptors (Lipinski definition) is 6. The number of H-pyrrole nitrogens is 1. The number of ether oxygens (including phenoxy) is 1. The number of rotatable bonds is 2. The molecule has 4 atom stereocenters. The van der Waals surface area contributed by atoms with Crippen LogP contribution in [0.1, 0.15) is 6.23 Å². The van der Waals surface area contributed by atoms with Crippen LogP contribution in [0.3, 0.4) is 0 Å². The van der Waals surface area contributed by atoms with Crippen molar-refractivity contribution in [2.75, 3.05) is 6.61 Å². The number of aliphatic hydroxyl groups excluding tert-OH is 3. The zero-order chi connectivity index (χ0) is 12.6. The lowest BCUT2D eigenvalue weighted by Crippen LogP contribution is -2.35. The highest BCUT2D eigenvalue weighted by Gasteiger charge is 2.43. The number of aromatic nitrogens is 2. The van der Waals surface area contributed by atoms with Crippen molar-refractivity contribution in [1.82, 2.24) is 9.55 Å². The third-order valence-electron chi connectivity index (χ3n) is 2.64. The summed E-state index contributed by atoms with van der Waals surface area (Å²) in [5.74, 6) is 0. The maximum Gasteiger partial charge on any atom is 0.328 e. The van der Waals surface area contributed by atoms with E-state index in [4.69, 9.17) is 22.1 Å². The first-order valence-corrected chi connectivity index (χ1v) is 5.39. The second kappa shape index (κ2) is 4.67. The van der Waals surface area contributed by atoms with Crippen molar-refractivity contribution >= 4 is 12.2 Å². The van der Waals surface area contributed by atoms with Gasteiger partial charge in [0.2, 0.25) is 0 Å². The molecular formula is C9H12N2O5S. The number of aromatic amines is 1. The van der Waals surface area contributed by atoms with E-state index in [-0.39, 0.29) is 4.64 Å². The molecule has 0 spiro atoms. The Morgan fingerprint density at radius 3 is 2.71 bits per heavy atom. The van der Waals surface area contributed by atoms with Crippen molar-refractivity contribution in [2.24, 2.45) is 0 Å². The zero-order valence-corrected chi connectivity index (χ0v) is 9.50. The lowest BCUT2D eigenvalue weighted by Gasteiger charge is -2.16. The molecule has 2 rings (SSSR count). The van der Waals surface area contributed by atoms with Crippen LogP contribution >= 0.6 is 12.2 Å². The minimum Gasteiger partial charge on any atom is -0.394 e. The standard InChI is InChI=1S/C9H12N2O5S/c12-3-4-6(13)7(14)8(16-4)11-2-1-5(17)10-9(11)15/h1-2,4,6-8,12-14H,3H2,(H,10,15,17)/t4-,6?,7+,8-/m1/s1. The van der Waals surface area contributed by atoms with Gasteiger partial charge in [0, 0.05) is 6.20 Å². The second-order valence-electron chi connectivity index (χ2n) is 3.75. The quantitative estimate of drug-likeness (QED) is 0.483. The summed E-state index contributed by atoms with van der Waals surface area (Å²) in [5.41, 5.74) is -0.549. The first-order valence-electron chi connectivity index (χ1n) is 4.98. The molecule has 2 heterocycles. The summed E-state index contributed by atoms with van der Waals surface area (Å²) < 4.78 is 6.55. The minimum absolute atomic E-state index is 0.262. The molecule has 0 aliphatic carbocycles. The lowest BCUT2D eigenvalue weighted by molar-refractivity contribution is -0.0550. The Hall–Kier alpha value is -1.06. The Bertz CT molecular complexity index is 513. The number of aliphatic hydroxyl groups is 3. The van der Waals surface area contributed by atoms with Crippen LogP contribution in [0.2, 0.25) is 0 Å². The molecule has 0 saturated carbocycles.